The predicted molar refractivity (Wildman–Crippen MR) is 67.0 cm³/mol. The lowest BCUT2D eigenvalue weighted by Crippen LogP contribution is -2.19. The number of nitrogens with two attached hydrogens (primary N) is 1. The molecule has 5 nitrogen and oxygen atoms in total. The van der Waals surface area contributed by atoms with Crippen LogP contribution < -0.4 is 11.1 Å². The fourth-order valence-electron chi connectivity index (χ4n) is 1.50. The normalized spacial score (nSPS) is 12.4. The minimum Gasteiger partial charge on any atom is -0.469 e. The van der Waals surface area contributed by atoms with Gasteiger partial charge in [-0.1, -0.05) is 11.6 Å². The van der Waals surface area contributed by atoms with E-state index in [-0.39, 0.29) is 12.0 Å². The Labute approximate surface area is 104 Å². The molecule has 2 aromatic heterocycles. The summed E-state index contributed by atoms with van der Waals surface area (Å²) in [4.78, 5) is 7.83. The molecular formula is C11H13ClN4O. The van der Waals surface area contributed by atoms with Gasteiger partial charge in [-0.15, -0.1) is 0 Å². The van der Waals surface area contributed by atoms with E-state index in [2.05, 4.69) is 15.3 Å². The van der Waals surface area contributed by atoms with Crippen LogP contribution in [0.4, 0.5) is 11.8 Å². The molecule has 0 saturated carbocycles. The third-order valence-corrected chi connectivity index (χ3v) is 2.51. The fourth-order valence-corrected chi connectivity index (χ4v) is 1.64. The van der Waals surface area contributed by atoms with E-state index >= 15 is 0 Å². The first-order valence-corrected chi connectivity index (χ1v) is 5.60. The van der Waals surface area contributed by atoms with E-state index in [1.54, 1.807) is 6.26 Å². The van der Waals surface area contributed by atoms with Crippen molar-refractivity contribution < 1.29 is 4.42 Å². The highest BCUT2D eigenvalue weighted by Gasteiger charge is 2.09. The summed E-state index contributed by atoms with van der Waals surface area (Å²) in [5, 5.41) is 3.62. The molecule has 0 radical (unpaired) electrons. The number of anilines is 2. The zero-order valence-corrected chi connectivity index (χ0v) is 10.1. The molecule has 0 aromatic carbocycles. The molecule has 0 aliphatic rings. The number of rotatable bonds is 4. The minimum atomic E-state index is 0.132. The van der Waals surface area contributed by atoms with Crippen LogP contribution in [0.2, 0.25) is 5.02 Å². The van der Waals surface area contributed by atoms with Gasteiger partial charge in [0.15, 0.2) is 5.82 Å². The number of nitrogens with zero attached hydrogens (tertiary/aromatic N) is 2. The summed E-state index contributed by atoms with van der Waals surface area (Å²) < 4.78 is 5.27. The van der Waals surface area contributed by atoms with Crippen molar-refractivity contribution in [2.24, 2.45) is 0 Å². The Bertz CT molecular complexity index is 486. The number of hydrogen-bond donors (Lipinski definition) is 2. The number of furan rings is 1. The van der Waals surface area contributed by atoms with Crippen molar-refractivity contribution >= 4 is 23.4 Å². The summed E-state index contributed by atoms with van der Waals surface area (Å²) in [6.07, 6.45) is 3.87. The average molecular weight is 253 g/mol. The second kappa shape index (κ2) is 5.05. The van der Waals surface area contributed by atoms with Crippen LogP contribution in [0.1, 0.15) is 12.7 Å². The number of aromatic nitrogens is 2. The molecule has 1 unspecified atom stereocenters. The summed E-state index contributed by atoms with van der Waals surface area (Å²) >= 11 is 5.96. The summed E-state index contributed by atoms with van der Waals surface area (Å²) in [6.45, 7) is 2.01. The van der Waals surface area contributed by atoms with Crippen molar-refractivity contribution in [1.82, 2.24) is 9.97 Å². The predicted octanol–water partition coefficient (Wildman–Crippen LogP) is 2.35. The van der Waals surface area contributed by atoms with E-state index in [0.717, 1.165) is 12.2 Å². The van der Waals surface area contributed by atoms with Crippen LogP contribution in [-0.2, 0) is 6.42 Å². The summed E-state index contributed by atoms with van der Waals surface area (Å²) in [5.74, 6) is 1.64. The van der Waals surface area contributed by atoms with E-state index in [1.165, 1.54) is 6.20 Å². The molecular weight excluding hydrogens is 240 g/mol. The standard InChI is InChI=1S/C11H13ClN4O/c1-7(5-8-3-2-4-17-8)15-10-9(12)6-14-11(13)16-10/h2-4,6-7H,5H2,1H3,(H3,13,14,15,16). The third-order valence-electron chi connectivity index (χ3n) is 2.23. The number of nitrogens with one attached hydrogen (secondary N) is 1. The Balaban J connectivity index is 2.02. The van der Waals surface area contributed by atoms with Crippen molar-refractivity contribution in [3.05, 3.63) is 35.4 Å². The van der Waals surface area contributed by atoms with Gasteiger partial charge in [0.05, 0.1) is 12.5 Å². The Kier molecular flexibility index (Phi) is 3.49. The van der Waals surface area contributed by atoms with Gasteiger partial charge in [0.1, 0.15) is 10.8 Å². The van der Waals surface area contributed by atoms with Gasteiger partial charge in [-0.25, -0.2) is 4.98 Å². The van der Waals surface area contributed by atoms with E-state index < -0.39 is 0 Å². The molecule has 2 rings (SSSR count). The molecule has 1 atom stereocenters. The lowest BCUT2D eigenvalue weighted by Gasteiger charge is -2.14. The minimum absolute atomic E-state index is 0.132. The lowest BCUT2D eigenvalue weighted by atomic mass is 10.2. The maximum atomic E-state index is 5.96. The van der Waals surface area contributed by atoms with E-state index in [4.69, 9.17) is 21.8 Å². The molecule has 0 aliphatic heterocycles. The van der Waals surface area contributed by atoms with Gasteiger partial charge in [-0.05, 0) is 19.1 Å². The van der Waals surface area contributed by atoms with Crippen LogP contribution >= 0.6 is 11.6 Å². The second-order valence-electron chi connectivity index (χ2n) is 3.75. The molecule has 0 amide bonds. The Morgan fingerprint density at radius 2 is 2.41 bits per heavy atom. The molecule has 6 heteroatoms. The summed E-state index contributed by atoms with van der Waals surface area (Å²) in [6, 6.07) is 3.92. The number of hydrogen-bond acceptors (Lipinski definition) is 5. The smallest absolute Gasteiger partial charge is 0.222 e. The zero-order chi connectivity index (χ0) is 12.3. The van der Waals surface area contributed by atoms with Gasteiger partial charge in [-0.3, -0.25) is 0 Å². The van der Waals surface area contributed by atoms with Crippen LogP contribution in [-0.4, -0.2) is 16.0 Å². The maximum absolute atomic E-state index is 5.96. The summed E-state index contributed by atoms with van der Waals surface area (Å²) in [5.41, 5.74) is 5.50. The molecule has 0 saturated heterocycles. The van der Waals surface area contributed by atoms with Crippen molar-refractivity contribution in [3.8, 4) is 0 Å². The highest BCUT2D eigenvalue weighted by Crippen LogP contribution is 2.20. The monoisotopic (exact) mass is 252 g/mol. The van der Waals surface area contributed by atoms with Crippen molar-refractivity contribution in [2.75, 3.05) is 11.1 Å². The quantitative estimate of drug-likeness (QED) is 0.873. The molecule has 0 fully saturated rings. The van der Waals surface area contributed by atoms with Gasteiger partial charge in [-0.2, -0.15) is 4.98 Å². The Hall–Kier alpha value is -1.75. The van der Waals surface area contributed by atoms with Crippen LogP contribution in [0.25, 0.3) is 0 Å². The van der Waals surface area contributed by atoms with Gasteiger partial charge in [0.2, 0.25) is 5.95 Å². The molecule has 17 heavy (non-hydrogen) atoms. The Morgan fingerprint density at radius 1 is 1.59 bits per heavy atom. The SMILES string of the molecule is CC(Cc1ccco1)Nc1nc(N)ncc1Cl. The number of nitrogen functional groups attached to an aromatic ring is 1. The fraction of sp³-hybridized carbons (Fsp3) is 0.273. The van der Waals surface area contributed by atoms with Crippen molar-refractivity contribution in [3.63, 3.8) is 0 Å². The largest absolute Gasteiger partial charge is 0.469 e. The third kappa shape index (κ3) is 3.10. The van der Waals surface area contributed by atoms with Crippen molar-refractivity contribution in [2.45, 2.75) is 19.4 Å². The van der Waals surface area contributed by atoms with Gasteiger partial charge >= 0.3 is 0 Å². The number of halogens is 1. The van der Waals surface area contributed by atoms with Crippen LogP contribution in [0, 0.1) is 0 Å². The maximum Gasteiger partial charge on any atom is 0.222 e. The van der Waals surface area contributed by atoms with Gasteiger partial charge in [0.25, 0.3) is 0 Å². The highest BCUT2D eigenvalue weighted by atomic mass is 35.5. The van der Waals surface area contributed by atoms with Crippen LogP contribution in [0.5, 0.6) is 0 Å². The van der Waals surface area contributed by atoms with Crippen LogP contribution in [0.3, 0.4) is 0 Å². The van der Waals surface area contributed by atoms with Crippen LogP contribution in [0.15, 0.2) is 29.0 Å². The first-order valence-electron chi connectivity index (χ1n) is 5.22. The molecule has 90 valence electrons. The lowest BCUT2D eigenvalue weighted by molar-refractivity contribution is 0.497. The molecule has 0 aliphatic carbocycles. The van der Waals surface area contributed by atoms with E-state index in [1.807, 2.05) is 19.1 Å². The molecule has 0 spiro atoms. The highest BCUT2D eigenvalue weighted by molar-refractivity contribution is 6.32. The molecule has 2 aromatic rings. The van der Waals surface area contributed by atoms with E-state index in [9.17, 15) is 0 Å². The Morgan fingerprint density at radius 3 is 3.12 bits per heavy atom. The molecule has 2 heterocycles. The van der Waals surface area contributed by atoms with Gasteiger partial charge < -0.3 is 15.5 Å². The average Bonchev–Trinajstić information content (AvgIpc) is 2.76. The zero-order valence-electron chi connectivity index (χ0n) is 9.35. The molecule has 3 N–H and O–H groups in total. The van der Waals surface area contributed by atoms with Gasteiger partial charge in [0, 0.05) is 12.5 Å². The molecule has 0 bridgehead atoms. The van der Waals surface area contributed by atoms with E-state index in [0.29, 0.717) is 10.8 Å². The topological polar surface area (TPSA) is 77.0 Å². The second-order valence-corrected chi connectivity index (χ2v) is 4.16. The van der Waals surface area contributed by atoms with Crippen molar-refractivity contribution in [1.29, 1.82) is 0 Å². The first kappa shape index (κ1) is 11.7. The first-order chi connectivity index (χ1) is 8.15. The summed E-state index contributed by atoms with van der Waals surface area (Å²) in [7, 11) is 0.